The number of hydrogen-bond donors (Lipinski definition) is 0. The van der Waals surface area contributed by atoms with Crippen LogP contribution < -0.4 is 4.74 Å². The van der Waals surface area contributed by atoms with E-state index in [0.29, 0.717) is 5.92 Å². The molecule has 0 spiro atoms. The lowest BCUT2D eigenvalue weighted by Gasteiger charge is -2.12. The zero-order valence-electron chi connectivity index (χ0n) is 8.59. The third-order valence-electron chi connectivity index (χ3n) is 2.26. The Balaban J connectivity index is 2.93. The predicted octanol–water partition coefficient (Wildman–Crippen LogP) is 4.03. The number of hydrogen-bond acceptors (Lipinski definition) is 1. The first-order valence-corrected chi connectivity index (χ1v) is 5.01. The first-order valence-electron chi connectivity index (χ1n) is 4.63. The summed E-state index contributed by atoms with van der Waals surface area (Å²) in [5.74, 6) is 1.20. The van der Waals surface area contributed by atoms with E-state index in [1.165, 1.54) is 0 Å². The first-order chi connectivity index (χ1) is 6.69. The second-order valence-corrected chi connectivity index (χ2v) is 3.72. The van der Waals surface area contributed by atoms with Crippen LogP contribution >= 0.6 is 11.6 Å². The molecule has 0 amide bonds. The van der Waals surface area contributed by atoms with Gasteiger partial charge in [0, 0.05) is 5.02 Å². The van der Waals surface area contributed by atoms with Crippen LogP contribution in [0.2, 0.25) is 5.02 Å². The Morgan fingerprint density at radius 2 is 2.29 bits per heavy atom. The lowest BCUT2D eigenvalue weighted by molar-refractivity contribution is 0.414. The number of ether oxygens (including phenoxy) is 1. The summed E-state index contributed by atoms with van der Waals surface area (Å²) in [5, 5.41) is 0.763. The van der Waals surface area contributed by atoms with Crippen LogP contribution in [0.4, 0.5) is 0 Å². The highest BCUT2D eigenvalue weighted by Gasteiger charge is 2.08. The lowest BCUT2D eigenvalue weighted by atomic mass is 9.98. The number of rotatable bonds is 4. The standard InChI is InChI=1S/C12H15ClO/c1-4-5-9(2)11-7-6-10(14-3)8-12(11)13/h4,6-9H,1,5H2,2-3H3. The smallest absolute Gasteiger partial charge is 0.120 e. The summed E-state index contributed by atoms with van der Waals surface area (Å²) in [5.41, 5.74) is 1.15. The van der Waals surface area contributed by atoms with E-state index in [-0.39, 0.29) is 0 Å². The van der Waals surface area contributed by atoms with Crippen molar-refractivity contribution in [1.82, 2.24) is 0 Å². The Labute approximate surface area is 90.3 Å². The van der Waals surface area contributed by atoms with Crippen LogP contribution in [0.5, 0.6) is 5.75 Å². The van der Waals surface area contributed by atoms with Gasteiger partial charge in [-0.2, -0.15) is 0 Å². The van der Waals surface area contributed by atoms with Gasteiger partial charge in [-0.25, -0.2) is 0 Å². The molecule has 0 aliphatic rings. The van der Waals surface area contributed by atoms with Crippen LogP contribution in [0.1, 0.15) is 24.8 Å². The molecular weight excluding hydrogens is 196 g/mol. The molecule has 1 rings (SSSR count). The predicted molar refractivity (Wildman–Crippen MR) is 61.2 cm³/mol. The molecule has 2 heteroatoms. The van der Waals surface area contributed by atoms with Crippen LogP contribution in [0, 0.1) is 0 Å². The molecule has 1 aromatic carbocycles. The first kappa shape index (κ1) is 11.1. The van der Waals surface area contributed by atoms with E-state index >= 15 is 0 Å². The fourth-order valence-electron chi connectivity index (χ4n) is 1.41. The maximum absolute atomic E-state index is 6.12. The van der Waals surface area contributed by atoms with E-state index in [9.17, 15) is 0 Å². The average Bonchev–Trinajstić information content (AvgIpc) is 2.17. The molecule has 0 saturated carbocycles. The van der Waals surface area contributed by atoms with E-state index in [2.05, 4.69) is 13.5 Å². The van der Waals surface area contributed by atoms with Crippen molar-refractivity contribution >= 4 is 11.6 Å². The van der Waals surface area contributed by atoms with E-state index in [1.807, 2.05) is 24.3 Å². The summed E-state index contributed by atoms with van der Waals surface area (Å²) in [6.45, 7) is 5.86. The second-order valence-electron chi connectivity index (χ2n) is 3.31. The Bertz CT molecular complexity index is 320. The van der Waals surface area contributed by atoms with Crippen LogP contribution in [-0.2, 0) is 0 Å². The number of benzene rings is 1. The summed E-state index contributed by atoms with van der Waals surface area (Å²) < 4.78 is 5.09. The third kappa shape index (κ3) is 2.52. The van der Waals surface area contributed by atoms with Crippen LogP contribution in [0.25, 0.3) is 0 Å². The zero-order valence-corrected chi connectivity index (χ0v) is 9.34. The SMILES string of the molecule is C=CCC(C)c1ccc(OC)cc1Cl. The van der Waals surface area contributed by atoms with Crippen molar-refractivity contribution in [1.29, 1.82) is 0 Å². The monoisotopic (exact) mass is 210 g/mol. The average molecular weight is 211 g/mol. The number of methoxy groups -OCH3 is 1. The van der Waals surface area contributed by atoms with E-state index in [1.54, 1.807) is 7.11 Å². The Morgan fingerprint density at radius 3 is 2.79 bits per heavy atom. The van der Waals surface area contributed by atoms with E-state index in [0.717, 1.165) is 22.8 Å². The normalized spacial score (nSPS) is 12.2. The van der Waals surface area contributed by atoms with Gasteiger partial charge < -0.3 is 4.74 Å². The molecule has 1 atom stereocenters. The maximum Gasteiger partial charge on any atom is 0.120 e. The van der Waals surface area contributed by atoms with E-state index in [4.69, 9.17) is 16.3 Å². The Kier molecular flexibility index (Phi) is 4.02. The molecule has 0 heterocycles. The fourth-order valence-corrected chi connectivity index (χ4v) is 1.77. The molecule has 0 radical (unpaired) electrons. The molecule has 1 unspecified atom stereocenters. The van der Waals surface area contributed by atoms with Crippen molar-refractivity contribution < 1.29 is 4.74 Å². The highest BCUT2D eigenvalue weighted by Crippen LogP contribution is 2.30. The highest BCUT2D eigenvalue weighted by atomic mass is 35.5. The van der Waals surface area contributed by atoms with Gasteiger partial charge in [0.05, 0.1) is 7.11 Å². The Morgan fingerprint density at radius 1 is 1.57 bits per heavy atom. The van der Waals surface area contributed by atoms with Gasteiger partial charge in [-0.05, 0) is 30.0 Å². The van der Waals surface area contributed by atoms with Gasteiger partial charge in [0.2, 0.25) is 0 Å². The molecule has 1 nitrogen and oxygen atoms in total. The van der Waals surface area contributed by atoms with Gasteiger partial charge in [-0.3, -0.25) is 0 Å². The van der Waals surface area contributed by atoms with Gasteiger partial charge in [0.15, 0.2) is 0 Å². The Hall–Kier alpha value is -0.950. The van der Waals surface area contributed by atoms with Crippen molar-refractivity contribution in [2.75, 3.05) is 7.11 Å². The summed E-state index contributed by atoms with van der Waals surface area (Å²) in [4.78, 5) is 0. The molecule has 0 saturated heterocycles. The molecular formula is C12H15ClO. The molecule has 0 aromatic heterocycles. The molecule has 1 aromatic rings. The molecule has 0 bridgehead atoms. The topological polar surface area (TPSA) is 9.23 Å². The minimum Gasteiger partial charge on any atom is -0.497 e. The van der Waals surface area contributed by atoms with Crippen molar-refractivity contribution in [3.05, 3.63) is 41.4 Å². The zero-order chi connectivity index (χ0) is 10.6. The quantitative estimate of drug-likeness (QED) is 0.682. The highest BCUT2D eigenvalue weighted by molar-refractivity contribution is 6.31. The molecule has 76 valence electrons. The third-order valence-corrected chi connectivity index (χ3v) is 2.59. The summed E-state index contributed by atoms with van der Waals surface area (Å²) >= 11 is 6.12. The van der Waals surface area contributed by atoms with Crippen molar-refractivity contribution in [3.63, 3.8) is 0 Å². The van der Waals surface area contributed by atoms with Gasteiger partial charge in [0.1, 0.15) is 5.75 Å². The molecule has 0 fully saturated rings. The molecule has 0 aliphatic carbocycles. The van der Waals surface area contributed by atoms with Crippen molar-refractivity contribution in [2.45, 2.75) is 19.3 Å². The fraction of sp³-hybridized carbons (Fsp3) is 0.333. The molecule has 14 heavy (non-hydrogen) atoms. The van der Waals surface area contributed by atoms with Gasteiger partial charge in [-0.15, -0.1) is 6.58 Å². The minimum atomic E-state index is 0.408. The largest absolute Gasteiger partial charge is 0.497 e. The van der Waals surface area contributed by atoms with Crippen molar-refractivity contribution in [3.8, 4) is 5.75 Å². The lowest BCUT2D eigenvalue weighted by Crippen LogP contribution is -1.93. The molecule has 0 N–H and O–H groups in total. The van der Waals surface area contributed by atoms with Gasteiger partial charge >= 0.3 is 0 Å². The summed E-state index contributed by atoms with van der Waals surface area (Å²) in [6, 6.07) is 5.78. The summed E-state index contributed by atoms with van der Waals surface area (Å²) in [6.07, 6.45) is 2.84. The summed E-state index contributed by atoms with van der Waals surface area (Å²) in [7, 11) is 1.64. The minimum absolute atomic E-state index is 0.408. The van der Waals surface area contributed by atoms with Crippen LogP contribution in [-0.4, -0.2) is 7.11 Å². The maximum atomic E-state index is 6.12. The van der Waals surface area contributed by atoms with Crippen LogP contribution in [0.3, 0.4) is 0 Å². The van der Waals surface area contributed by atoms with Crippen molar-refractivity contribution in [2.24, 2.45) is 0 Å². The number of halogens is 1. The van der Waals surface area contributed by atoms with E-state index < -0.39 is 0 Å². The number of allylic oxidation sites excluding steroid dienone is 1. The second kappa shape index (κ2) is 5.06. The molecule has 0 aliphatic heterocycles. The van der Waals surface area contributed by atoms with Gasteiger partial charge in [0.25, 0.3) is 0 Å². The van der Waals surface area contributed by atoms with Gasteiger partial charge in [-0.1, -0.05) is 30.7 Å². The van der Waals surface area contributed by atoms with Crippen LogP contribution in [0.15, 0.2) is 30.9 Å².